The second-order valence-corrected chi connectivity index (χ2v) is 10.0. The average molecular weight is 495 g/mol. The molecule has 0 saturated carbocycles. The fraction of sp³-hybridized carbons (Fsp3) is 0.130. The summed E-state index contributed by atoms with van der Waals surface area (Å²) >= 11 is 1.12. The Kier molecular flexibility index (Phi) is 6.85. The maximum absolute atomic E-state index is 12.4. The molecule has 174 valence electrons. The van der Waals surface area contributed by atoms with Crippen LogP contribution in [0.25, 0.3) is 0 Å². The first-order valence-corrected chi connectivity index (χ1v) is 12.6. The van der Waals surface area contributed by atoms with Crippen LogP contribution in [0.2, 0.25) is 0 Å². The molecule has 0 aliphatic carbocycles. The summed E-state index contributed by atoms with van der Waals surface area (Å²) in [5.74, 6) is 0.248. The fourth-order valence-corrected chi connectivity index (χ4v) is 5.11. The lowest BCUT2D eigenvalue weighted by atomic mass is 10.2. The first-order valence-electron chi connectivity index (χ1n) is 10.3. The molecule has 0 spiro atoms. The number of sulfonamides is 1. The van der Waals surface area contributed by atoms with Crippen LogP contribution in [-0.4, -0.2) is 29.3 Å². The number of anilines is 4. The Morgan fingerprint density at radius 1 is 0.912 bits per heavy atom. The van der Waals surface area contributed by atoms with Crippen molar-refractivity contribution in [2.45, 2.75) is 25.2 Å². The molecule has 4 aromatic rings. The number of amides is 1. The molecule has 11 heteroatoms. The van der Waals surface area contributed by atoms with Gasteiger partial charge in [0.25, 0.3) is 10.0 Å². The van der Waals surface area contributed by atoms with E-state index < -0.39 is 10.0 Å². The van der Waals surface area contributed by atoms with Crippen LogP contribution in [-0.2, 0) is 21.2 Å². The van der Waals surface area contributed by atoms with Gasteiger partial charge >= 0.3 is 0 Å². The standard InChI is InChI=1S/C23H22N6O3S2/c1-15-12-16(2)25-22(24-15)27-18-10-8-17(9-11-18)26-21(30)13-19-14-33-23(28-19)29-34(31,32)20-6-4-3-5-7-20/h3-12,14H,13H2,1-2H3,(H,26,30)(H,28,29)(H,24,25,27). The number of aryl methyl sites for hydroxylation is 2. The summed E-state index contributed by atoms with van der Waals surface area (Å²) in [6.07, 6.45) is 0.0139. The Morgan fingerprint density at radius 2 is 1.56 bits per heavy atom. The lowest BCUT2D eigenvalue weighted by Crippen LogP contribution is -2.15. The lowest BCUT2D eigenvalue weighted by Gasteiger charge is -2.08. The van der Waals surface area contributed by atoms with E-state index in [0.29, 0.717) is 17.3 Å². The highest BCUT2D eigenvalue weighted by molar-refractivity contribution is 7.93. The minimum absolute atomic E-state index is 0.0139. The van der Waals surface area contributed by atoms with Gasteiger partial charge in [-0.1, -0.05) is 18.2 Å². The Balaban J connectivity index is 1.33. The number of aromatic nitrogens is 3. The summed E-state index contributed by atoms with van der Waals surface area (Å²) in [6.45, 7) is 3.81. The molecule has 0 atom stereocenters. The summed E-state index contributed by atoms with van der Waals surface area (Å²) in [4.78, 5) is 25.5. The molecule has 9 nitrogen and oxygen atoms in total. The number of benzene rings is 2. The summed E-state index contributed by atoms with van der Waals surface area (Å²) in [5, 5.41) is 7.81. The smallest absolute Gasteiger partial charge is 0.263 e. The van der Waals surface area contributed by atoms with Crippen molar-refractivity contribution in [2.24, 2.45) is 0 Å². The van der Waals surface area contributed by atoms with Gasteiger partial charge in [-0.05, 0) is 56.3 Å². The summed E-state index contributed by atoms with van der Waals surface area (Å²) in [6, 6.07) is 17.1. The number of nitrogens with zero attached hydrogens (tertiary/aromatic N) is 3. The third kappa shape index (κ3) is 6.15. The molecular formula is C23H22N6O3S2. The SMILES string of the molecule is Cc1cc(C)nc(Nc2ccc(NC(=O)Cc3csc(NS(=O)(=O)c4ccccc4)n3)cc2)n1. The van der Waals surface area contributed by atoms with Gasteiger partial charge in [-0.2, -0.15) is 0 Å². The summed E-state index contributed by atoms with van der Waals surface area (Å²) < 4.78 is 27.3. The van der Waals surface area contributed by atoms with Gasteiger partial charge in [0, 0.05) is 28.1 Å². The van der Waals surface area contributed by atoms with Crippen molar-refractivity contribution in [3.8, 4) is 0 Å². The summed E-state index contributed by atoms with van der Waals surface area (Å²) in [7, 11) is -3.73. The molecule has 2 aromatic carbocycles. The Labute approximate surface area is 201 Å². The highest BCUT2D eigenvalue weighted by Crippen LogP contribution is 2.21. The van der Waals surface area contributed by atoms with Gasteiger partial charge in [0.05, 0.1) is 17.0 Å². The molecule has 4 rings (SSSR count). The van der Waals surface area contributed by atoms with Crippen molar-refractivity contribution in [1.82, 2.24) is 15.0 Å². The van der Waals surface area contributed by atoms with Crippen molar-refractivity contribution < 1.29 is 13.2 Å². The fourth-order valence-electron chi connectivity index (χ4n) is 3.13. The van der Waals surface area contributed by atoms with E-state index >= 15 is 0 Å². The van der Waals surface area contributed by atoms with Crippen molar-refractivity contribution in [2.75, 3.05) is 15.4 Å². The summed E-state index contributed by atoms with van der Waals surface area (Å²) in [5.41, 5.74) is 3.63. The number of nitrogens with one attached hydrogen (secondary N) is 3. The number of thiazole rings is 1. The minimum atomic E-state index is -3.73. The molecule has 0 radical (unpaired) electrons. The predicted molar refractivity (Wildman–Crippen MR) is 133 cm³/mol. The van der Waals surface area contributed by atoms with Crippen LogP contribution in [0.15, 0.2) is 70.9 Å². The zero-order chi connectivity index (χ0) is 24.1. The van der Waals surface area contributed by atoms with Gasteiger partial charge in [0.2, 0.25) is 11.9 Å². The monoisotopic (exact) mass is 494 g/mol. The number of rotatable bonds is 8. The maximum Gasteiger partial charge on any atom is 0.263 e. The van der Waals surface area contributed by atoms with E-state index in [9.17, 15) is 13.2 Å². The van der Waals surface area contributed by atoms with Gasteiger partial charge in [0.1, 0.15) is 0 Å². The molecule has 34 heavy (non-hydrogen) atoms. The van der Waals surface area contributed by atoms with Crippen molar-refractivity contribution in [3.63, 3.8) is 0 Å². The molecular weight excluding hydrogens is 472 g/mol. The zero-order valence-corrected chi connectivity index (χ0v) is 20.1. The van der Waals surface area contributed by atoms with E-state index in [1.54, 1.807) is 35.7 Å². The molecule has 0 bridgehead atoms. The van der Waals surface area contributed by atoms with Crippen LogP contribution < -0.4 is 15.4 Å². The Morgan fingerprint density at radius 3 is 2.24 bits per heavy atom. The second-order valence-electron chi connectivity index (χ2n) is 7.46. The normalized spacial score (nSPS) is 11.1. The molecule has 1 amide bonds. The van der Waals surface area contributed by atoms with Gasteiger partial charge in [-0.25, -0.2) is 23.4 Å². The largest absolute Gasteiger partial charge is 0.326 e. The second kappa shape index (κ2) is 9.98. The molecule has 0 aliphatic rings. The van der Waals surface area contributed by atoms with E-state index in [0.717, 1.165) is 28.4 Å². The molecule has 0 saturated heterocycles. The van der Waals surface area contributed by atoms with Gasteiger partial charge in [-0.15, -0.1) is 11.3 Å². The van der Waals surface area contributed by atoms with Gasteiger partial charge in [-0.3, -0.25) is 9.52 Å². The van der Waals surface area contributed by atoms with Crippen LogP contribution in [0.5, 0.6) is 0 Å². The van der Waals surface area contributed by atoms with Crippen LogP contribution >= 0.6 is 11.3 Å². The number of hydrogen-bond acceptors (Lipinski definition) is 8. The number of carbonyl (C=O) groups is 1. The third-order valence-electron chi connectivity index (χ3n) is 4.58. The van der Waals surface area contributed by atoms with E-state index in [1.165, 1.54) is 12.1 Å². The van der Waals surface area contributed by atoms with E-state index in [1.807, 2.05) is 32.0 Å². The van der Waals surface area contributed by atoms with Crippen LogP contribution in [0.1, 0.15) is 17.1 Å². The van der Waals surface area contributed by atoms with E-state index in [2.05, 4.69) is 30.3 Å². The molecule has 0 aliphatic heterocycles. The maximum atomic E-state index is 12.4. The van der Waals surface area contributed by atoms with E-state index in [4.69, 9.17) is 0 Å². The third-order valence-corrected chi connectivity index (χ3v) is 6.87. The minimum Gasteiger partial charge on any atom is -0.326 e. The first-order chi connectivity index (χ1) is 16.3. The number of hydrogen-bond donors (Lipinski definition) is 3. The molecule has 3 N–H and O–H groups in total. The molecule has 2 aromatic heterocycles. The lowest BCUT2D eigenvalue weighted by molar-refractivity contribution is -0.115. The molecule has 2 heterocycles. The average Bonchev–Trinajstić information content (AvgIpc) is 3.21. The Hall–Kier alpha value is -3.83. The first kappa shape index (κ1) is 23.3. The molecule has 0 unspecified atom stereocenters. The highest BCUT2D eigenvalue weighted by Gasteiger charge is 2.16. The number of carbonyl (C=O) groups excluding carboxylic acids is 1. The van der Waals surface area contributed by atoms with Gasteiger partial charge in [0.15, 0.2) is 5.13 Å². The highest BCUT2D eigenvalue weighted by atomic mass is 32.2. The van der Waals surface area contributed by atoms with Gasteiger partial charge < -0.3 is 10.6 Å². The van der Waals surface area contributed by atoms with Crippen molar-refractivity contribution in [3.05, 3.63) is 83.1 Å². The quantitative estimate of drug-likeness (QED) is 0.334. The van der Waals surface area contributed by atoms with Crippen molar-refractivity contribution in [1.29, 1.82) is 0 Å². The van der Waals surface area contributed by atoms with Crippen LogP contribution in [0.3, 0.4) is 0 Å². The van der Waals surface area contributed by atoms with Crippen LogP contribution in [0, 0.1) is 13.8 Å². The van der Waals surface area contributed by atoms with Crippen LogP contribution in [0.4, 0.5) is 22.5 Å². The topological polar surface area (TPSA) is 126 Å². The zero-order valence-electron chi connectivity index (χ0n) is 18.4. The van der Waals surface area contributed by atoms with E-state index in [-0.39, 0.29) is 22.4 Å². The van der Waals surface area contributed by atoms with Crippen molar-refractivity contribution >= 4 is 49.7 Å². The Bertz CT molecular complexity index is 1380. The predicted octanol–water partition coefficient (Wildman–Crippen LogP) is 4.28. The molecule has 0 fully saturated rings.